The van der Waals surface area contributed by atoms with Crippen LogP contribution in [0, 0.1) is 11.3 Å². The SMILES string of the molecule is CC(=O)OCCOc1ncccc1C#N. The molecule has 5 heteroatoms. The first kappa shape index (κ1) is 11.0. The van der Waals surface area contributed by atoms with Crippen molar-refractivity contribution in [2.75, 3.05) is 13.2 Å². The molecule has 0 aliphatic rings. The molecule has 0 bridgehead atoms. The lowest BCUT2D eigenvalue weighted by atomic mass is 10.3. The number of hydrogen-bond acceptors (Lipinski definition) is 5. The summed E-state index contributed by atoms with van der Waals surface area (Å²) in [6.07, 6.45) is 1.53. The van der Waals surface area contributed by atoms with Crippen LogP contribution in [0.3, 0.4) is 0 Å². The van der Waals surface area contributed by atoms with Crippen molar-refractivity contribution in [3.05, 3.63) is 23.9 Å². The first-order chi connectivity index (χ1) is 7.24. The standard InChI is InChI=1S/C10H10N2O3/c1-8(13)14-5-6-15-10-9(7-11)3-2-4-12-10/h2-4H,5-6H2,1H3. The summed E-state index contributed by atoms with van der Waals surface area (Å²) in [4.78, 5) is 14.3. The lowest BCUT2D eigenvalue weighted by Gasteiger charge is -2.05. The molecule has 0 unspecified atom stereocenters. The monoisotopic (exact) mass is 206 g/mol. The number of aromatic nitrogens is 1. The van der Waals surface area contributed by atoms with E-state index in [1.807, 2.05) is 6.07 Å². The van der Waals surface area contributed by atoms with Crippen molar-refractivity contribution < 1.29 is 14.3 Å². The first-order valence-electron chi connectivity index (χ1n) is 4.35. The highest BCUT2D eigenvalue weighted by molar-refractivity contribution is 5.65. The van der Waals surface area contributed by atoms with E-state index in [1.54, 1.807) is 12.1 Å². The number of ether oxygens (including phenoxy) is 2. The minimum Gasteiger partial charge on any atom is -0.473 e. The zero-order chi connectivity index (χ0) is 11.1. The van der Waals surface area contributed by atoms with Gasteiger partial charge in [0, 0.05) is 13.1 Å². The molecule has 0 aliphatic heterocycles. The quantitative estimate of drug-likeness (QED) is 0.540. The zero-order valence-electron chi connectivity index (χ0n) is 8.27. The molecule has 1 aromatic heterocycles. The Hall–Kier alpha value is -2.09. The van der Waals surface area contributed by atoms with Crippen molar-refractivity contribution in [3.8, 4) is 11.9 Å². The number of nitrogens with zero attached hydrogens (tertiary/aromatic N) is 2. The molecular weight excluding hydrogens is 196 g/mol. The molecule has 0 amide bonds. The van der Waals surface area contributed by atoms with Gasteiger partial charge in [0.2, 0.25) is 5.88 Å². The topological polar surface area (TPSA) is 72.2 Å². The van der Waals surface area contributed by atoms with E-state index in [0.717, 1.165) is 0 Å². The van der Waals surface area contributed by atoms with Crippen molar-refractivity contribution in [3.63, 3.8) is 0 Å². The summed E-state index contributed by atoms with van der Waals surface area (Å²) in [5.41, 5.74) is 0.361. The molecule has 1 rings (SSSR count). The van der Waals surface area contributed by atoms with Gasteiger partial charge in [0.25, 0.3) is 0 Å². The highest BCUT2D eigenvalue weighted by Gasteiger charge is 2.03. The van der Waals surface area contributed by atoms with Crippen molar-refractivity contribution in [1.29, 1.82) is 5.26 Å². The number of carbonyl (C=O) groups excluding carboxylic acids is 1. The summed E-state index contributed by atoms with van der Waals surface area (Å²) in [6.45, 7) is 1.66. The predicted molar refractivity (Wildman–Crippen MR) is 51.1 cm³/mol. The van der Waals surface area contributed by atoms with Gasteiger partial charge in [-0.3, -0.25) is 4.79 Å². The van der Waals surface area contributed by atoms with Gasteiger partial charge in [0.15, 0.2) is 0 Å². The maximum atomic E-state index is 10.4. The minimum atomic E-state index is -0.361. The molecule has 0 saturated carbocycles. The van der Waals surface area contributed by atoms with E-state index in [-0.39, 0.29) is 25.1 Å². The normalized spacial score (nSPS) is 9.07. The van der Waals surface area contributed by atoms with Crippen LogP contribution in [0.1, 0.15) is 12.5 Å². The second-order valence-corrected chi connectivity index (χ2v) is 2.66. The van der Waals surface area contributed by atoms with E-state index in [2.05, 4.69) is 9.72 Å². The fourth-order valence-electron chi connectivity index (χ4n) is 0.915. The molecule has 0 aromatic carbocycles. The molecule has 0 atom stereocenters. The van der Waals surface area contributed by atoms with Gasteiger partial charge in [-0.2, -0.15) is 5.26 Å². The third-order valence-electron chi connectivity index (χ3n) is 1.52. The summed E-state index contributed by atoms with van der Waals surface area (Å²) < 4.78 is 9.83. The Morgan fingerprint density at radius 2 is 2.40 bits per heavy atom. The number of rotatable bonds is 4. The molecule has 78 valence electrons. The van der Waals surface area contributed by atoms with E-state index >= 15 is 0 Å². The highest BCUT2D eigenvalue weighted by Crippen LogP contribution is 2.11. The van der Waals surface area contributed by atoms with Crippen LogP contribution >= 0.6 is 0 Å². The number of esters is 1. The zero-order valence-corrected chi connectivity index (χ0v) is 8.27. The second-order valence-electron chi connectivity index (χ2n) is 2.66. The van der Waals surface area contributed by atoms with Crippen LogP contribution < -0.4 is 4.74 Å². The third-order valence-corrected chi connectivity index (χ3v) is 1.52. The first-order valence-corrected chi connectivity index (χ1v) is 4.35. The number of pyridine rings is 1. The van der Waals surface area contributed by atoms with Gasteiger partial charge in [-0.05, 0) is 12.1 Å². The maximum Gasteiger partial charge on any atom is 0.302 e. The van der Waals surface area contributed by atoms with E-state index in [1.165, 1.54) is 13.1 Å². The smallest absolute Gasteiger partial charge is 0.302 e. The molecule has 0 spiro atoms. The van der Waals surface area contributed by atoms with Crippen LogP contribution in [0.25, 0.3) is 0 Å². The van der Waals surface area contributed by atoms with Gasteiger partial charge in [0.05, 0.1) is 0 Å². The number of carbonyl (C=O) groups is 1. The molecule has 0 fully saturated rings. The molecule has 0 saturated heterocycles. The molecule has 15 heavy (non-hydrogen) atoms. The molecule has 0 aliphatic carbocycles. The van der Waals surface area contributed by atoms with Gasteiger partial charge in [-0.1, -0.05) is 0 Å². The van der Waals surface area contributed by atoms with Gasteiger partial charge in [-0.25, -0.2) is 4.98 Å². The third kappa shape index (κ3) is 3.65. The summed E-state index contributed by atoms with van der Waals surface area (Å²) >= 11 is 0. The lowest BCUT2D eigenvalue weighted by molar-refractivity contribution is -0.141. The Morgan fingerprint density at radius 3 is 3.07 bits per heavy atom. The minimum absolute atomic E-state index is 0.150. The second kappa shape index (κ2) is 5.60. The fraction of sp³-hybridized carbons (Fsp3) is 0.300. The fourth-order valence-corrected chi connectivity index (χ4v) is 0.915. The van der Waals surface area contributed by atoms with E-state index in [4.69, 9.17) is 10.00 Å². The molecule has 0 radical (unpaired) electrons. The van der Waals surface area contributed by atoms with Crippen molar-refractivity contribution in [1.82, 2.24) is 4.98 Å². The average molecular weight is 206 g/mol. The molecule has 1 heterocycles. The van der Waals surface area contributed by atoms with Crippen LogP contribution in [-0.4, -0.2) is 24.2 Å². The van der Waals surface area contributed by atoms with Gasteiger partial charge in [0.1, 0.15) is 24.8 Å². The Labute approximate surface area is 87.3 Å². The van der Waals surface area contributed by atoms with Gasteiger partial charge >= 0.3 is 5.97 Å². The van der Waals surface area contributed by atoms with Crippen LogP contribution in [0.15, 0.2) is 18.3 Å². The van der Waals surface area contributed by atoms with Crippen molar-refractivity contribution in [2.24, 2.45) is 0 Å². The van der Waals surface area contributed by atoms with Crippen molar-refractivity contribution in [2.45, 2.75) is 6.92 Å². The van der Waals surface area contributed by atoms with Gasteiger partial charge < -0.3 is 9.47 Å². The number of nitriles is 1. The van der Waals surface area contributed by atoms with Crippen LogP contribution in [-0.2, 0) is 9.53 Å². The molecular formula is C10H10N2O3. The number of hydrogen-bond donors (Lipinski definition) is 0. The Kier molecular flexibility index (Phi) is 4.10. The highest BCUT2D eigenvalue weighted by atomic mass is 16.6. The van der Waals surface area contributed by atoms with Crippen LogP contribution in [0.5, 0.6) is 5.88 Å². The summed E-state index contributed by atoms with van der Waals surface area (Å²) in [5.74, 6) is -0.104. The van der Waals surface area contributed by atoms with E-state index < -0.39 is 0 Å². The molecule has 1 aromatic rings. The van der Waals surface area contributed by atoms with E-state index in [0.29, 0.717) is 5.56 Å². The van der Waals surface area contributed by atoms with Crippen molar-refractivity contribution >= 4 is 5.97 Å². The van der Waals surface area contributed by atoms with Gasteiger partial charge in [-0.15, -0.1) is 0 Å². The lowest BCUT2D eigenvalue weighted by Crippen LogP contribution is -2.10. The van der Waals surface area contributed by atoms with Crippen LogP contribution in [0.4, 0.5) is 0 Å². The molecule has 0 N–H and O–H groups in total. The largest absolute Gasteiger partial charge is 0.473 e. The predicted octanol–water partition coefficient (Wildman–Crippen LogP) is 0.895. The van der Waals surface area contributed by atoms with E-state index in [9.17, 15) is 4.79 Å². The summed E-state index contributed by atoms with van der Waals surface area (Å²) in [5, 5.41) is 8.71. The maximum absolute atomic E-state index is 10.4. The Bertz CT molecular complexity index is 384. The van der Waals surface area contributed by atoms with Crippen LogP contribution in [0.2, 0.25) is 0 Å². The average Bonchev–Trinajstić information content (AvgIpc) is 2.24. The Balaban J connectivity index is 2.44. The Morgan fingerprint density at radius 1 is 1.60 bits per heavy atom. The molecule has 5 nitrogen and oxygen atoms in total. The summed E-state index contributed by atoms with van der Waals surface area (Å²) in [6, 6.07) is 5.21. The summed E-state index contributed by atoms with van der Waals surface area (Å²) in [7, 11) is 0.